The first-order valence-corrected chi connectivity index (χ1v) is 11.9. The maximum absolute atomic E-state index is 6.26. The van der Waals surface area contributed by atoms with Crippen molar-refractivity contribution in [2.24, 2.45) is 0 Å². The molecule has 0 bridgehead atoms. The van der Waals surface area contributed by atoms with Gasteiger partial charge in [0.15, 0.2) is 0 Å². The summed E-state index contributed by atoms with van der Waals surface area (Å²) in [4.78, 5) is 8.56. The lowest BCUT2D eigenvalue weighted by molar-refractivity contribution is 0.0525. The average molecular weight is 434 g/mol. The molecule has 1 aliphatic carbocycles. The molecule has 1 N–H and O–H groups in total. The predicted octanol–water partition coefficient (Wildman–Crippen LogP) is 6.31. The summed E-state index contributed by atoms with van der Waals surface area (Å²) in [7, 11) is 4.49. The molecular formula is C27H32ClN3. The van der Waals surface area contributed by atoms with E-state index >= 15 is 0 Å². The van der Waals surface area contributed by atoms with Crippen LogP contribution in [0.2, 0.25) is 5.02 Å². The SMILES string of the molecule is CN(C)C1(c2ccccc2)CCC(N2CC=C(c3c[nH]c4ccc(Cl)cc34)CC2)CC1. The van der Waals surface area contributed by atoms with Gasteiger partial charge < -0.3 is 4.98 Å². The quantitative estimate of drug-likeness (QED) is 0.520. The van der Waals surface area contributed by atoms with E-state index in [0.29, 0.717) is 6.04 Å². The number of halogens is 1. The lowest BCUT2D eigenvalue weighted by atomic mass is 9.73. The van der Waals surface area contributed by atoms with E-state index in [1.165, 1.54) is 47.8 Å². The summed E-state index contributed by atoms with van der Waals surface area (Å²) in [6, 6.07) is 17.9. The fraction of sp³-hybridized carbons (Fsp3) is 0.407. The van der Waals surface area contributed by atoms with Crippen molar-refractivity contribution in [2.45, 2.75) is 43.7 Å². The monoisotopic (exact) mass is 433 g/mol. The van der Waals surface area contributed by atoms with E-state index in [-0.39, 0.29) is 5.54 Å². The van der Waals surface area contributed by atoms with Crippen LogP contribution in [0.5, 0.6) is 0 Å². The topological polar surface area (TPSA) is 22.3 Å². The van der Waals surface area contributed by atoms with Gasteiger partial charge in [-0.2, -0.15) is 0 Å². The number of hydrogen-bond donors (Lipinski definition) is 1. The predicted molar refractivity (Wildman–Crippen MR) is 132 cm³/mol. The molecule has 2 aromatic carbocycles. The van der Waals surface area contributed by atoms with Gasteiger partial charge >= 0.3 is 0 Å². The second kappa shape index (κ2) is 8.46. The van der Waals surface area contributed by atoms with Gasteiger partial charge in [-0.25, -0.2) is 0 Å². The molecule has 0 atom stereocenters. The Morgan fingerprint density at radius 3 is 2.52 bits per heavy atom. The number of hydrogen-bond acceptors (Lipinski definition) is 2. The van der Waals surface area contributed by atoms with Gasteiger partial charge in [0.25, 0.3) is 0 Å². The van der Waals surface area contributed by atoms with Crippen LogP contribution in [0.25, 0.3) is 16.5 Å². The molecule has 2 heterocycles. The van der Waals surface area contributed by atoms with Crippen LogP contribution in [-0.2, 0) is 5.54 Å². The third-order valence-electron chi connectivity index (χ3n) is 7.70. The first-order chi connectivity index (χ1) is 15.1. The highest BCUT2D eigenvalue weighted by Gasteiger charge is 2.40. The molecule has 4 heteroatoms. The number of benzene rings is 2. The summed E-state index contributed by atoms with van der Waals surface area (Å²) in [5, 5.41) is 2.04. The summed E-state index contributed by atoms with van der Waals surface area (Å²) in [6.07, 6.45) is 10.7. The molecule has 31 heavy (non-hydrogen) atoms. The lowest BCUT2D eigenvalue weighted by Crippen LogP contribution is -2.49. The third kappa shape index (κ3) is 3.84. The highest BCUT2D eigenvalue weighted by molar-refractivity contribution is 6.31. The smallest absolute Gasteiger partial charge is 0.0461 e. The second-order valence-corrected chi connectivity index (χ2v) is 9.83. The summed E-state index contributed by atoms with van der Waals surface area (Å²) >= 11 is 6.26. The first kappa shape index (κ1) is 20.8. The van der Waals surface area contributed by atoms with Gasteiger partial charge in [-0.1, -0.05) is 48.0 Å². The van der Waals surface area contributed by atoms with Crippen LogP contribution < -0.4 is 0 Å². The summed E-state index contributed by atoms with van der Waals surface area (Å²) < 4.78 is 0. The fourth-order valence-corrected chi connectivity index (χ4v) is 5.98. The highest BCUT2D eigenvalue weighted by atomic mass is 35.5. The normalized spacial score (nSPS) is 25.2. The Morgan fingerprint density at radius 2 is 1.84 bits per heavy atom. The van der Waals surface area contributed by atoms with Crippen molar-refractivity contribution in [3.05, 3.63) is 77.0 Å². The third-order valence-corrected chi connectivity index (χ3v) is 7.93. The van der Waals surface area contributed by atoms with Gasteiger partial charge in [-0.05, 0) is 75.5 Å². The molecule has 1 saturated carbocycles. The summed E-state index contributed by atoms with van der Waals surface area (Å²) in [5.74, 6) is 0. The number of fused-ring (bicyclic) bond motifs is 1. The van der Waals surface area contributed by atoms with Gasteiger partial charge in [0.05, 0.1) is 0 Å². The molecule has 3 nitrogen and oxygen atoms in total. The molecule has 0 unspecified atom stereocenters. The zero-order chi connectivity index (χ0) is 21.4. The maximum Gasteiger partial charge on any atom is 0.0461 e. The zero-order valence-corrected chi connectivity index (χ0v) is 19.3. The Bertz CT molecular complexity index is 1070. The highest BCUT2D eigenvalue weighted by Crippen LogP contribution is 2.43. The Balaban J connectivity index is 1.28. The van der Waals surface area contributed by atoms with Gasteiger partial charge in [-0.3, -0.25) is 9.80 Å². The summed E-state index contributed by atoms with van der Waals surface area (Å²) in [6.45, 7) is 2.19. The lowest BCUT2D eigenvalue weighted by Gasteiger charge is -2.48. The van der Waals surface area contributed by atoms with Crippen molar-refractivity contribution in [1.82, 2.24) is 14.8 Å². The molecule has 3 aromatic rings. The fourth-order valence-electron chi connectivity index (χ4n) is 5.81. The van der Waals surface area contributed by atoms with Gasteiger partial charge in [0.1, 0.15) is 0 Å². The Morgan fingerprint density at radius 1 is 1.06 bits per heavy atom. The van der Waals surface area contributed by atoms with Crippen LogP contribution >= 0.6 is 11.6 Å². The number of nitrogens with one attached hydrogen (secondary N) is 1. The Kier molecular flexibility index (Phi) is 5.68. The Hall–Kier alpha value is -2.07. The number of aromatic amines is 1. The number of rotatable bonds is 4. The van der Waals surface area contributed by atoms with Crippen molar-refractivity contribution < 1.29 is 0 Å². The minimum absolute atomic E-state index is 0.178. The molecule has 1 aliphatic heterocycles. The number of nitrogens with zero attached hydrogens (tertiary/aromatic N) is 2. The van der Waals surface area contributed by atoms with Crippen LogP contribution in [-0.4, -0.2) is 48.0 Å². The minimum atomic E-state index is 0.178. The van der Waals surface area contributed by atoms with Crippen molar-refractivity contribution in [3.8, 4) is 0 Å². The molecule has 5 rings (SSSR count). The van der Waals surface area contributed by atoms with Gasteiger partial charge in [0, 0.05) is 52.4 Å². The van der Waals surface area contributed by atoms with E-state index in [2.05, 4.69) is 83.6 Å². The molecule has 162 valence electrons. The van der Waals surface area contributed by atoms with Crippen LogP contribution in [0.15, 0.2) is 60.8 Å². The molecular weight excluding hydrogens is 402 g/mol. The van der Waals surface area contributed by atoms with E-state index in [1.54, 1.807) is 0 Å². The maximum atomic E-state index is 6.26. The first-order valence-electron chi connectivity index (χ1n) is 11.5. The molecule has 1 fully saturated rings. The molecule has 0 radical (unpaired) electrons. The molecule has 2 aliphatic rings. The molecule has 0 amide bonds. The van der Waals surface area contributed by atoms with E-state index in [1.807, 2.05) is 6.07 Å². The second-order valence-electron chi connectivity index (χ2n) is 9.39. The van der Waals surface area contributed by atoms with E-state index in [9.17, 15) is 0 Å². The Labute approximate surface area is 190 Å². The largest absolute Gasteiger partial charge is 0.361 e. The van der Waals surface area contributed by atoms with Crippen LogP contribution in [0.3, 0.4) is 0 Å². The van der Waals surface area contributed by atoms with Crippen molar-refractivity contribution >= 4 is 28.1 Å². The van der Waals surface area contributed by atoms with Gasteiger partial charge in [-0.15, -0.1) is 0 Å². The molecule has 1 aromatic heterocycles. The van der Waals surface area contributed by atoms with E-state index < -0.39 is 0 Å². The van der Waals surface area contributed by atoms with Crippen LogP contribution in [0, 0.1) is 0 Å². The van der Waals surface area contributed by atoms with Crippen molar-refractivity contribution in [1.29, 1.82) is 0 Å². The standard InChI is InChI=1S/C27H32ClN3/c1-30(2)27(21-6-4-3-5-7-21)14-10-23(11-15-27)31-16-12-20(13-17-31)25-19-29-26-9-8-22(28)18-24(25)26/h3-9,12,18-19,23,29H,10-11,13-17H2,1-2H3. The van der Waals surface area contributed by atoms with Crippen LogP contribution in [0.1, 0.15) is 43.2 Å². The summed E-state index contributed by atoms with van der Waals surface area (Å²) in [5.41, 5.74) is 5.58. The van der Waals surface area contributed by atoms with E-state index in [0.717, 1.165) is 30.0 Å². The molecule has 0 saturated heterocycles. The zero-order valence-electron chi connectivity index (χ0n) is 18.6. The molecule has 0 spiro atoms. The average Bonchev–Trinajstić information content (AvgIpc) is 3.23. The number of H-pyrrole nitrogens is 1. The van der Waals surface area contributed by atoms with Gasteiger partial charge in [0.2, 0.25) is 0 Å². The van der Waals surface area contributed by atoms with Crippen LogP contribution in [0.4, 0.5) is 0 Å². The van der Waals surface area contributed by atoms with Crippen molar-refractivity contribution in [3.63, 3.8) is 0 Å². The number of aromatic nitrogens is 1. The van der Waals surface area contributed by atoms with Crippen molar-refractivity contribution in [2.75, 3.05) is 27.2 Å². The minimum Gasteiger partial charge on any atom is -0.361 e. The van der Waals surface area contributed by atoms with E-state index in [4.69, 9.17) is 11.6 Å².